The molecule has 0 N–H and O–H groups in total. The number of pyridine rings is 1. The van der Waals surface area contributed by atoms with Crippen molar-refractivity contribution >= 4 is 29.1 Å². The van der Waals surface area contributed by atoms with E-state index in [0.29, 0.717) is 33.3 Å². The Morgan fingerprint density at radius 3 is 2.77 bits per heavy atom. The zero-order chi connectivity index (χ0) is 15.5. The predicted molar refractivity (Wildman–Crippen MR) is 87.2 cm³/mol. The Labute approximate surface area is 138 Å². The van der Waals surface area contributed by atoms with E-state index >= 15 is 0 Å². The van der Waals surface area contributed by atoms with Crippen LogP contribution in [0.1, 0.15) is 40.0 Å². The smallest absolute Gasteiger partial charge is 0.164 e. The molecule has 0 aliphatic heterocycles. The molecule has 1 aromatic heterocycles. The van der Waals surface area contributed by atoms with Gasteiger partial charge in [-0.1, -0.05) is 23.7 Å². The molecule has 22 heavy (non-hydrogen) atoms. The molecule has 0 saturated carbocycles. The van der Waals surface area contributed by atoms with Gasteiger partial charge < -0.3 is 0 Å². The van der Waals surface area contributed by atoms with Crippen molar-refractivity contribution in [1.82, 2.24) is 4.98 Å². The first-order valence-corrected chi connectivity index (χ1v) is 8.38. The fraction of sp³-hybridized carbons (Fsp3) is 0.235. The van der Waals surface area contributed by atoms with E-state index in [2.05, 4.69) is 11.1 Å². The van der Waals surface area contributed by atoms with Crippen LogP contribution in [0.25, 0.3) is 0 Å². The number of aryl methyl sites for hydroxylation is 1. The molecule has 0 atom stereocenters. The van der Waals surface area contributed by atoms with Gasteiger partial charge in [-0.2, -0.15) is 5.26 Å². The molecule has 5 heteroatoms. The Bertz CT molecular complexity index is 765. The lowest BCUT2D eigenvalue weighted by molar-refractivity contribution is 0.0971. The molecule has 110 valence electrons. The zero-order valence-electron chi connectivity index (χ0n) is 11.8. The number of nitrogens with zero attached hydrogens (tertiary/aromatic N) is 2. The number of Topliss-reactive ketones (excluding diaryl/α,β-unsaturated/α-hetero) is 1. The molecule has 0 fully saturated rings. The van der Waals surface area contributed by atoms with Gasteiger partial charge in [-0.25, -0.2) is 4.98 Å². The molecule has 0 bridgehead atoms. The number of aromatic nitrogens is 1. The summed E-state index contributed by atoms with van der Waals surface area (Å²) < 4.78 is 0. The first kappa shape index (κ1) is 15.1. The van der Waals surface area contributed by atoms with Crippen molar-refractivity contribution in [3.63, 3.8) is 0 Å². The van der Waals surface area contributed by atoms with E-state index in [1.165, 1.54) is 11.8 Å². The van der Waals surface area contributed by atoms with Crippen molar-refractivity contribution in [1.29, 1.82) is 5.26 Å². The summed E-state index contributed by atoms with van der Waals surface area (Å²) in [5, 5.41) is 10.7. The third-order valence-electron chi connectivity index (χ3n) is 3.59. The Morgan fingerprint density at radius 1 is 1.27 bits per heavy atom. The van der Waals surface area contributed by atoms with Crippen molar-refractivity contribution < 1.29 is 4.79 Å². The summed E-state index contributed by atoms with van der Waals surface area (Å²) >= 11 is 7.39. The molecule has 3 nitrogen and oxygen atoms in total. The van der Waals surface area contributed by atoms with Gasteiger partial charge >= 0.3 is 0 Å². The Balaban J connectivity index is 1.85. The van der Waals surface area contributed by atoms with Crippen molar-refractivity contribution in [2.75, 3.05) is 0 Å². The topological polar surface area (TPSA) is 53.8 Å². The molecule has 0 radical (unpaired) electrons. The van der Waals surface area contributed by atoms with Crippen molar-refractivity contribution in [3.05, 3.63) is 57.7 Å². The summed E-state index contributed by atoms with van der Waals surface area (Å²) in [5.74, 6) is 0.811. The van der Waals surface area contributed by atoms with Crippen LogP contribution >= 0.6 is 23.4 Å². The fourth-order valence-corrected chi connectivity index (χ4v) is 3.49. The van der Waals surface area contributed by atoms with Crippen LogP contribution < -0.4 is 0 Å². The third kappa shape index (κ3) is 3.16. The second-order valence-electron chi connectivity index (χ2n) is 5.14. The number of hydrogen-bond acceptors (Lipinski definition) is 4. The summed E-state index contributed by atoms with van der Waals surface area (Å²) in [5.41, 5.74) is 3.05. The molecule has 1 aliphatic rings. The highest BCUT2D eigenvalue weighted by molar-refractivity contribution is 7.98. The summed E-state index contributed by atoms with van der Waals surface area (Å²) in [6.45, 7) is 0. The lowest BCUT2D eigenvalue weighted by Crippen LogP contribution is -2.13. The van der Waals surface area contributed by atoms with Gasteiger partial charge in [0, 0.05) is 22.8 Å². The molecule has 1 aliphatic carbocycles. The number of thioether (sulfide) groups is 1. The highest BCUT2D eigenvalue weighted by atomic mass is 35.5. The highest BCUT2D eigenvalue weighted by Crippen LogP contribution is 2.29. The van der Waals surface area contributed by atoms with E-state index in [4.69, 9.17) is 11.6 Å². The van der Waals surface area contributed by atoms with Gasteiger partial charge in [-0.05, 0) is 36.6 Å². The van der Waals surface area contributed by atoms with E-state index in [-0.39, 0.29) is 5.78 Å². The van der Waals surface area contributed by atoms with E-state index < -0.39 is 0 Å². The first-order chi connectivity index (χ1) is 10.7. The normalized spacial score (nSPS) is 13.5. The fourth-order valence-electron chi connectivity index (χ4n) is 2.44. The molecule has 3 rings (SSSR count). The van der Waals surface area contributed by atoms with E-state index in [9.17, 15) is 10.1 Å². The van der Waals surface area contributed by atoms with Crippen LogP contribution in [-0.2, 0) is 12.2 Å². The van der Waals surface area contributed by atoms with Crippen LogP contribution in [0.15, 0.2) is 35.4 Å². The minimum atomic E-state index is 0.0968. The van der Waals surface area contributed by atoms with Crippen LogP contribution in [-0.4, -0.2) is 10.8 Å². The Kier molecular flexibility index (Phi) is 4.47. The average Bonchev–Trinajstić information content (AvgIpc) is 2.54. The van der Waals surface area contributed by atoms with E-state index in [1.54, 1.807) is 6.07 Å². The summed E-state index contributed by atoms with van der Waals surface area (Å²) in [6, 6.07) is 11.5. The standard InChI is InChI=1S/C17H13ClN2OS/c18-13-6-4-11(5-7-13)10-22-17-12(9-19)8-14-15(20-17)2-1-3-16(14)21/h4-8H,1-3,10H2. The molecule has 1 aromatic carbocycles. The van der Waals surface area contributed by atoms with Crippen LogP contribution in [0.5, 0.6) is 0 Å². The number of hydrogen-bond donors (Lipinski definition) is 0. The quantitative estimate of drug-likeness (QED) is 0.783. The Morgan fingerprint density at radius 2 is 2.05 bits per heavy atom. The van der Waals surface area contributed by atoms with E-state index in [0.717, 1.165) is 24.1 Å². The minimum absolute atomic E-state index is 0.0968. The number of ketones is 1. The van der Waals surface area contributed by atoms with Gasteiger partial charge in [-0.3, -0.25) is 4.79 Å². The maximum Gasteiger partial charge on any atom is 0.164 e. The monoisotopic (exact) mass is 328 g/mol. The number of rotatable bonds is 3. The summed E-state index contributed by atoms with van der Waals surface area (Å²) in [4.78, 5) is 16.5. The van der Waals surface area contributed by atoms with Crippen LogP contribution in [0, 0.1) is 11.3 Å². The number of fused-ring (bicyclic) bond motifs is 1. The molecular formula is C17H13ClN2OS. The predicted octanol–water partition coefficient (Wildman–Crippen LogP) is 4.42. The number of halogens is 1. The van der Waals surface area contributed by atoms with Crippen LogP contribution in [0.2, 0.25) is 5.02 Å². The maximum absolute atomic E-state index is 11.9. The highest BCUT2D eigenvalue weighted by Gasteiger charge is 2.21. The first-order valence-electron chi connectivity index (χ1n) is 7.02. The van der Waals surface area contributed by atoms with E-state index in [1.807, 2.05) is 24.3 Å². The lowest BCUT2D eigenvalue weighted by atomic mass is 9.94. The maximum atomic E-state index is 11.9. The molecule has 0 spiro atoms. The van der Waals surface area contributed by atoms with Crippen molar-refractivity contribution in [2.24, 2.45) is 0 Å². The molecule has 0 amide bonds. The van der Waals surface area contributed by atoms with Gasteiger partial charge in [0.2, 0.25) is 0 Å². The second kappa shape index (κ2) is 6.51. The largest absolute Gasteiger partial charge is 0.294 e. The average molecular weight is 329 g/mol. The summed E-state index contributed by atoms with van der Waals surface area (Å²) in [6.07, 6.45) is 2.20. The number of carbonyl (C=O) groups excluding carboxylic acids is 1. The molecule has 2 aromatic rings. The molecule has 1 heterocycles. The van der Waals surface area contributed by atoms with Crippen molar-refractivity contribution in [3.8, 4) is 6.07 Å². The lowest BCUT2D eigenvalue weighted by Gasteiger charge is -2.15. The van der Waals surface area contributed by atoms with Crippen molar-refractivity contribution in [2.45, 2.75) is 30.0 Å². The SMILES string of the molecule is N#Cc1cc2c(nc1SCc1ccc(Cl)cc1)CCCC2=O. The number of carbonyl (C=O) groups is 1. The molecule has 0 saturated heterocycles. The third-order valence-corrected chi connectivity index (χ3v) is 4.91. The van der Waals surface area contributed by atoms with Crippen LogP contribution in [0.4, 0.5) is 0 Å². The van der Waals surface area contributed by atoms with Crippen LogP contribution in [0.3, 0.4) is 0 Å². The zero-order valence-corrected chi connectivity index (χ0v) is 13.4. The van der Waals surface area contributed by atoms with Gasteiger partial charge in [0.1, 0.15) is 11.1 Å². The molecule has 0 unspecified atom stereocenters. The number of nitriles is 1. The van der Waals surface area contributed by atoms with Gasteiger partial charge in [-0.15, -0.1) is 11.8 Å². The minimum Gasteiger partial charge on any atom is -0.294 e. The summed E-state index contributed by atoms with van der Waals surface area (Å²) in [7, 11) is 0. The second-order valence-corrected chi connectivity index (χ2v) is 6.54. The molecular weight excluding hydrogens is 316 g/mol. The van der Waals surface area contributed by atoms with Gasteiger partial charge in [0.25, 0.3) is 0 Å². The van der Waals surface area contributed by atoms with Gasteiger partial charge in [0.15, 0.2) is 5.78 Å². The Hall–Kier alpha value is -1.83. The van der Waals surface area contributed by atoms with Gasteiger partial charge in [0.05, 0.1) is 11.3 Å². The number of benzene rings is 1.